The third kappa shape index (κ3) is 1.50. The molecular formula is C9H16N2O2. The minimum Gasteiger partial charge on any atom is -0.439 e. The van der Waals surface area contributed by atoms with Gasteiger partial charge in [0.15, 0.2) is 0 Å². The molecule has 1 unspecified atom stereocenters. The van der Waals surface area contributed by atoms with Gasteiger partial charge < -0.3 is 15.0 Å². The summed E-state index contributed by atoms with van der Waals surface area (Å²) in [5.41, 5.74) is -0.202. The number of ether oxygens (including phenoxy) is 1. The Labute approximate surface area is 78.2 Å². The lowest BCUT2D eigenvalue weighted by atomic mass is 10.0. The van der Waals surface area contributed by atoms with Crippen LogP contribution in [0.2, 0.25) is 0 Å². The van der Waals surface area contributed by atoms with Gasteiger partial charge in [0.05, 0.1) is 6.54 Å². The monoisotopic (exact) mass is 184 g/mol. The number of hydrogen-bond acceptors (Lipinski definition) is 3. The second-order valence-electron chi connectivity index (χ2n) is 3.90. The first kappa shape index (κ1) is 8.81. The van der Waals surface area contributed by atoms with E-state index in [0.717, 1.165) is 39.0 Å². The molecule has 0 aromatic carbocycles. The van der Waals surface area contributed by atoms with Crippen molar-refractivity contribution in [3.8, 4) is 0 Å². The molecule has 2 fully saturated rings. The summed E-state index contributed by atoms with van der Waals surface area (Å²) in [4.78, 5) is 13.2. The zero-order valence-electron chi connectivity index (χ0n) is 8.01. The maximum Gasteiger partial charge on any atom is 0.410 e. The number of nitrogens with one attached hydrogen (secondary N) is 1. The van der Waals surface area contributed by atoms with Crippen LogP contribution in [0.25, 0.3) is 0 Å². The van der Waals surface area contributed by atoms with E-state index >= 15 is 0 Å². The van der Waals surface area contributed by atoms with Crippen molar-refractivity contribution in [3.63, 3.8) is 0 Å². The van der Waals surface area contributed by atoms with Crippen LogP contribution in [0.5, 0.6) is 0 Å². The molecule has 0 aromatic rings. The molecule has 1 N–H and O–H groups in total. The van der Waals surface area contributed by atoms with Crippen molar-refractivity contribution in [1.82, 2.24) is 10.2 Å². The predicted molar refractivity (Wildman–Crippen MR) is 48.6 cm³/mol. The molecule has 0 aromatic heterocycles. The van der Waals surface area contributed by atoms with E-state index in [-0.39, 0.29) is 11.7 Å². The Hall–Kier alpha value is -0.770. The van der Waals surface area contributed by atoms with Gasteiger partial charge in [-0.15, -0.1) is 0 Å². The smallest absolute Gasteiger partial charge is 0.410 e. The number of rotatable bonds is 2. The fourth-order valence-corrected chi connectivity index (χ4v) is 2.08. The van der Waals surface area contributed by atoms with E-state index in [9.17, 15) is 4.79 Å². The van der Waals surface area contributed by atoms with Crippen molar-refractivity contribution in [1.29, 1.82) is 0 Å². The van der Waals surface area contributed by atoms with Crippen LogP contribution in [0.1, 0.15) is 19.8 Å². The lowest BCUT2D eigenvalue weighted by Gasteiger charge is -2.18. The highest BCUT2D eigenvalue weighted by atomic mass is 16.6. The molecule has 4 heteroatoms. The summed E-state index contributed by atoms with van der Waals surface area (Å²) in [6.07, 6.45) is 1.82. The van der Waals surface area contributed by atoms with Crippen LogP contribution in [0.4, 0.5) is 4.79 Å². The third-order valence-corrected chi connectivity index (χ3v) is 2.74. The van der Waals surface area contributed by atoms with Gasteiger partial charge in [-0.1, -0.05) is 6.92 Å². The predicted octanol–water partition coefficient (Wildman–Crippen LogP) is 0.581. The van der Waals surface area contributed by atoms with Crippen molar-refractivity contribution in [2.24, 2.45) is 0 Å². The van der Waals surface area contributed by atoms with Gasteiger partial charge in [0, 0.05) is 19.5 Å². The lowest BCUT2D eigenvalue weighted by Crippen LogP contribution is -2.36. The van der Waals surface area contributed by atoms with Crippen molar-refractivity contribution in [2.45, 2.75) is 25.4 Å². The summed E-state index contributed by atoms with van der Waals surface area (Å²) in [6, 6.07) is 0. The van der Waals surface area contributed by atoms with Gasteiger partial charge in [-0.3, -0.25) is 0 Å². The minimum atomic E-state index is -0.202. The summed E-state index contributed by atoms with van der Waals surface area (Å²) in [6.45, 7) is 5.45. The largest absolute Gasteiger partial charge is 0.439 e. The summed E-state index contributed by atoms with van der Waals surface area (Å²) in [5.74, 6) is 0. The molecule has 2 rings (SSSR count). The molecule has 74 valence electrons. The Balaban J connectivity index is 2.01. The number of nitrogens with zero attached hydrogens (tertiary/aromatic N) is 1. The average molecular weight is 184 g/mol. The first-order valence-corrected chi connectivity index (χ1v) is 4.94. The Morgan fingerprint density at radius 3 is 3.15 bits per heavy atom. The highest BCUT2D eigenvalue weighted by Gasteiger charge is 2.46. The number of carbonyl (C=O) groups is 1. The third-order valence-electron chi connectivity index (χ3n) is 2.74. The molecule has 1 amide bonds. The highest BCUT2D eigenvalue weighted by Crippen LogP contribution is 2.28. The van der Waals surface area contributed by atoms with Crippen LogP contribution in [0.3, 0.4) is 0 Å². The quantitative estimate of drug-likeness (QED) is 0.682. The van der Waals surface area contributed by atoms with E-state index in [2.05, 4.69) is 12.2 Å². The molecule has 2 aliphatic rings. The summed E-state index contributed by atoms with van der Waals surface area (Å²) < 4.78 is 5.40. The molecule has 2 heterocycles. The van der Waals surface area contributed by atoms with Crippen molar-refractivity contribution < 1.29 is 9.53 Å². The first-order chi connectivity index (χ1) is 6.26. The van der Waals surface area contributed by atoms with Gasteiger partial charge in [0.2, 0.25) is 0 Å². The van der Waals surface area contributed by atoms with Gasteiger partial charge in [0.25, 0.3) is 0 Å². The standard InChI is InChI=1S/C9H16N2O2/c1-2-5-11-7-9(13-8(11)12)3-4-10-6-9/h10H,2-7H2,1H3. The highest BCUT2D eigenvalue weighted by molar-refractivity contribution is 5.70. The van der Waals surface area contributed by atoms with E-state index in [1.807, 2.05) is 4.90 Å². The second-order valence-corrected chi connectivity index (χ2v) is 3.90. The van der Waals surface area contributed by atoms with Crippen molar-refractivity contribution >= 4 is 6.09 Å². The molecule has 0 aliphatic carbocycles. The van der Waals surface area contributed by atoms with Gasteiger partial charge in [0.1, 0.15) is 5.60 Å². The average Bonchev–Trinajstić information content (AvgIpc) is 2.63. The molecule has 1 spiro atoms. The maximum absolute atomic E-state index is 11.4. The number of carbonyl (C=O) groups excluding carboxylic acids is 1. The molecule has 2 saturated heterocycles. The fourth-order valence-electron chi connectivity index (χ4n) is 2.08. The molecule has 0 radical (unpaired) electrons. The lowest BCUT2D eigenvalue weighted by molar-refractivity contribution is 0.0727. The molecule has 0 saturated carbocycles. The molecule has 1 atom stereocenters. The van der Waals surface area contributed by atoms with Gasteiger partial charge >= 0.3 is 6.09 Å². The molecular weight excluding hydrogens is 168 g/mol. The summed E-state index contributed by atoms with van der Waals surface area (Å²) in [7, 11) is 0. The Morgan fingerprint density at radius 1 is 1.69 bits per heavy atom. The van der Waals surface area contributed by atoms with Crippen LogP contribution < -0.4 is 5.32 Å². The van der Waals surface area contributed by atoms with Crippen LogP contribution in [-0.4, -0.2) is 42.8 Å². The van der Waals surface area contributed by atoms with Crippen LogP contribution in [-0.2, 0) is 4.74 Å². The van der Waals surface area contributed by atoms with Crippen LogP contribution in [0.15, 0.2) is 0 Å². The fraction of sp³-hybridized carbons (Fsp3) is 0.889. The molecule has 4 nitrogen and oxygen atoms in total. The Morgan fingerprint density at radius 2 is 2.54 bits per heavy atom. The minimum absolute atomic E-state index is 0.134. The van der Waals surface area contributed by atoms with Crippen molar-refractivity contribution in [3.05, 3.63) is 0 Å². The Bertz CT molecular complexity index is 212. The maximum atomic E-state index is 11.4. The van der Waals surface area contributed by atoms with E-state index in [1.54, 1.807) is 0 Å². The number of amides is 1. The molecule has 0 bridgehead atoms. The SMILES string of the molecule is CCCN1CC2(CCNC2)OC1=O. The second kappa shape index (κ2) is 3.18. The topological polar surface area (TPSA) is 41.6 Å². The summed E-state index contributed by atoms with van der Waals surface area (Å²) >= 11 is 0. The van der Waals surface area contributed by atoms with Gasteiger partial charge in [-0.2, -0.15) is 0 Å². The van der Waals surface area contributed by atoms with E-state index in [1.165, 1.54) is 0 Å². The summed E-state index contributed by atoms with van der Waals surface area (Å²) in [5, 5.41) is 3.23. The number of hydrogen-bond donors (Lipinski definition) is 1. The molecule has 2 aliphatic heterocycles. The van der Waals surface area contributed by atoms with Crippen LogP contribution in [0, 0.1) is 0 Å². The van der Waals surface area contributed by atoms with Gasteiger partial charge in [-0.05, 0) is 13.0 Å². The van der Waals surface area contributed by atoms with Crippen LogP contribution >= 0.6 is 0 Å². The molecule has 13 heavy (non-hydrogen) atoms. The van der Waals surface area contributed by atoms with E-state index in [4.69, 9.17) is 4.74 Å². The first-order valence-electron chi connectivity index (χ1n) is 4.94. The normalized spacial score (nSPS) is 33.0. The zero-order chi connectivity index (χ0) is 9.31. The zero-order valence-corrected chi connectivity index (χ0v) is 8.01. The Kier molecular flexibility index (Phi) is 2.15. The van der Waals surface area contributed by atoms with Gasteiger partial charge in [-0.25, -0.2) is 4.79 Å². The van der Waals surface area contributed by atoms with Crippen molar-refractivity contribution in [2.75, 3.05) is 26.2 Å². The van der Waals surface area contributed by atoms with E-state index < -0.39 is 0 Å². The van der Waals surface area contributed by atoms with E-state index in [0.29, 0.717) is 0 Å².